The maximum Gasteiger partial charge on any atom is 0.230 e. The summed E-state index contributed by atoms with van der Waals surface area (Å²) in [5, 5.41) is 13.2. The Morgan fingerprint density at radius 1 is 1.29 bits per heavy atom. The first-order valence-corrected chi connectivity index (χ1v) is 8.87. The quantitative estimate of drug-likeness (QED) is 0.808. The van der Waals surface area contributed by atoms with E-state index in [-0.39, 0.29) is 17.9 Å². The number of halogens is 1. The smallest absolute Gasteiger partial charge is 0.230 e. The van der Waals surface area contributed by atoms with Crippen LogP contribution in [0.5, 0.6) is 0 Å². The van der Waals surface area contributed by atoms with Crippen LogP contribution in [0.3, 0.4) is 0 Å². The number of amides is 1. The van der Waals surface area contributed by atoms with Crippen LogP contribution in [0, 0.1) is 5.41 Å². The van der Waals surface area contributed by atoms with Crippen LogP contribution in [-0.2, 0) is 10.5 Å². The van der Waals surface area contributed by atoms with Gasteiger partial charge in [-0.3, -0.25) is 4.79 Å². The molecule has 0 saturated heterocycles. The Morgan fingerprint density at radius 3 is 2.57 bits per heavy atom. The van der Waals surface area contributed by atoms with Crippen molar-refractivity contribution < 1.29 is 9.90 Å². The van der Waals surface area contributed by atoms with E-state index < -0.39 is 0 Å². The molecule has 5 heteroatoms. The van der Waals surface area contributed by atoms with Gasteiger partial charge >= 0.3 is 0 Å². The molecule has 0 bridgehead atoms. The fraction of sp³-hybridized carbons (Fsp3) is 0.562. The van der Waals surface area contributed by atoms with E-state index in [1.165, 1.54) is 5.56 Å². The van der Waals surface area contributed by atoms with Crippen LogP contribution >= 0.6 is 23.4 Å². The summed E-state index contributed by atoms with van der Waals surface area (Å²) in [6.45, 7) is 0.773. The fourth-order valence-corrected chi connectivity index (χ4v) is 3.64. The molecule has 0 aromatic heterocycles. The lowest BCUT2D eigenvalue weighted by Crippen LogP contribution is -2.39. The molecule has 21 heavy (non-hydrogen) atoms. The predicted molar refractivity (Wildman–Crippen MR) is 88.6 cm³/mol. The molecule has 1 aliphatic carbocycles. The van der Waals surface area contributed by atoms with Gasteiger partial charge in [-0.25, -0.2) is 0 Å². The van der Waals surface area contributed by atoms with Crippen molar-refractivity contribution in [2.75, 3.05) is 18.9 Å². The van der Waals surface area contributed by atoms with Crippen molar-refractivity contribution in [2.24, 2.45) is 5.41 Å². The lowest BCUT2D eigenvalue weighted by Gasteiger charge is -2.26. The van der Waals surface area contributed by atoms with Crippen molar-refractivity contribution in [3.8, 4) is 0 Å². The van der Waals surface area contributed by atoms with Gasteiger partial charge in [0.2, 0.25) is 5.91 Å². The van der Waals surface area contributed by atoms with Crippen molar-refractivity contribution in [3.05, 3.63) is 34.9 Å². The van der Waals surface area contributed by atoms with Gasteiger partial charge in [-0.2, -0.15) is 0 Å². The molecule has 1 aromatic carbocycles. The molecule has 0 heterocycles. The highest BCUT2D eigenvalue weighted by atomic mass is 35.5. The number of nitrogens with one attached hydrogen (secondary N) is 1. The van der Waals surface area contributed by atoms with Gasteiger partial charge in [-0.05, 0) is 30.5 Å². The van der Waals surface area contributed by atoms with Gasteiger partial charge in [0.1, 0.15) is 0 Å². The van der Waals surface area contributed by atoms with E-state index in [4.69, 9.17) is 11.6 Å². The molecule has 0 radical (unpaired) electrons. The Kier molecular flexibility index (Phi) is 6.40. The third kappa shape index (κ3) is 5.20. The average Bonchev–Trinajstić information content (AvgIpc) is 2.97. The summed E-state index contributed by atoms with van der Waals surface area (Å²) in [4.78, 5) is 11.9. The molecule has 1 fully saturated rings. The minimum absolute atomic E-state index is 0.0497. The molecule has 0 unspecified atom stereocenters. The minimum Gasteiger partial charge on any atom is -0.396 e. The normalized spacial score (nSPS) is 16.9. The van der Waals surface area contributed by atoms with Crippen molar-refractivity contribution in [1.29, 1.82) is 0 Å². The number of benzene rings is 1. The minimum atomic E-state index is -0.0729. The second-order valence-electron chi connectivity index (χ2n) is 5.76. The van der Waals surface area contributed by atoms with Crippen molar-refractivity contribution >= 4 is 29.3 Å². The molecule has 1 aromatic rings. The van der Waals surface area contributed by atoms with Crippen molar-refractivity contribution in [3.63, 3.8) is 0 Å². The van der Waals surface area contributed by atoms with E-state index in [1.54, 1.807) is 11.8 Å². The molecule has 2 rings (SSSR count). The second kappa shape index (κ2) is 8.06. The van der Waals surface area contributed by atoms with Gasteiger partial charge in [0.05, 0.1) is 12.4 Å². The molecular formula is C16H22ClNO2S. The number of carbonyl (C=O) groups is 1. The van der Waals surface area contributed by atoms with Crippen molar-refractivity contribution in [2.45, 2.75) is 31.4 Å². The largest absolute Gasteiger partial charge is 0.396 e. The summed E-state index contributed by atoms with van der Waals surface area (Å²) in [5.41, 5.74) is 1.09. The maximum atomic E-state index is 11.9. The van der Waals surface area contributed by atoms with Crippen LogP contribution in [0.1, 0.15) is 31.2 Å². The summed E-state index contributed by atoms with van der Waals surface area (Å²) < 4.78 is 0. The molecule has 1 aliphatic rings. The molecule has 0 atom stereocenters. The van der Waals surface area contributed by atoms with Crippen LogP contribution in [0.25, 0.3) is 0 Å². The van der Waals surface area contributed by atoms with E-state index in [1.807, 2.05) is 24.3 Å². The number of aliphatic hydroxyl groups excluding tert-OH is 1. The van der Waals surface area contributed by atoms with Crippen LogP contribution < -0.4 is 5.32 Å². The first-order valence-electron chi connectivity index (χ1n) is 7.33. The van der Waals surface area contributed by atoms with E-state index in [9.17, 15) is 9.90 Å². The topological polar surface area (TPSA) is 49.3 Å². The Balaban J connectivity index is 1.66. The van der Waals surface area contributed by atoms with Gasteiger partial charge < -0.3 is 10.4 Å². The Hall–Kier alpha value is -0.710. The van der Waals surface area contributed by atoms with Crippen molar-refractivity contribution in [1.82, 2.24) is 5.32 Å². The summed E-state index contributed by atoms with van der Waals surface area (Å²) in [6.07, 6.45) is 4.34. The molecule has 2 N–H and O–H groups in total. The zero-order valence-electron chi connectivity index (χ0n) is 12.1. The molecule has 1 amide bonds. The Morgan fingerprint density at radius 2 is 1.95 bits per heavy atom. The molecule has 0 aliphatic heterocycles. The number of hydrogen-bond donors (Lipinski definition) is 2. The highest BCUT2D eigenvalue weighted by Gasteiger charge is 2.33. The van der Waals surface area contributed by atoms with Gasteiger partial charge in [-0.1, -0.05) is 36.6 Å². The first-order chi connectivity index (χ1) is 10.1. The van der Waals surface area contributed by atoms with Crippen LogP contribution in [0.15, 0.2) is 24.3 Å². The first kappa shape index (κ1) is 16.7. The van der Waals surface area contributed by atoms with Gasteiger partial charge in [-0.15, -0.1) is 11.8 Å². The van der Waals surface area contributed by atoms with E-state index in [0.29, 0.717) is 12.3 Å². The van der Waals surface area contributed by atoms with Gasteiger partial charge in [0.25, 0.3) is 0 Å². The number of hydrogen-bond acceptors (Lipinski definition) is 3. The third-order valence-corrected chi connectivity index (χ3v) is 5.33. The summed E-state index contributed by atoms with van der Waals surface area (Å²) in [5.74, 6) is 1.30. The van der Waals surface area contributed by atoms with Crippen LogP contribution in [0.2, 0.25) is 5.02 Å². The van der Waals surface area contributed by atoms with Gasteiger partial charge in [0, 0.05) is 22.7 Å². The second-order valence-corrected chi connectivity index (χ2v) is 7.18. The monoisotopic (exact) mass is 327 g/mol. The van der Waals surface area contributed by atoms with Crippen LogP contribution in [-0.4, -0.2) is 29.9 Å². The predicted octanol–water partition coefficient (Wildman–Crippen LogP) is 3.24. The highest BCUT2D eigenvalue weighted by Crippen LogP contribution is 2.36. The molecule has 3 nitrogen and oxygen atoms in total. The average molecular weight is 328 g/mol. The Labute approximate surface area is 135 Å². The molecule has 116 valence electrons. The SMILES string of the molecule is O=C(CSCc1ccc(Cl)cc1)NCC1(CO)CCCC1. The molecular weight excluding hydrogens is 306 g/mol. The summed E-state index contributed by atoms with van der Waals surface area (Å²) in [7, 11) is 0. The lowest BCUT2D eigenvalue weighted by atomic mass is 9.87. The standard InChI is InChI=1S/C16H22ClNO2S/c17-14-5-3-13(4-6-14)9-21-10-15(20)18-11-16(12-19)7-1-2-8-16/h3-6,19H,1-2,7-12H2,(H,18,20). The summed E-state index contributed by atoms with van der Waals surface area (Å²) in [6, 6.07) is 7.68. The zero-order chi connectivity index (χ0) is 15.1. The number of carbonyl (C=O) groups excluding carboxylic acids is 1. The fourth-order valence-electron chi connectivity index (χ4n) is 2.70. The molecule has 1 saturated carbocycles. The van der Waals surface area contributed by atoms with Gasteiger partial charge in [0.15, 0.2) is 0 Å². The van der Waals surface area contributed by atoms with E-state index in [2.05, 4.69) is 5.32 Å². The number of rotatable bonds is 7. The number of thioether (sulfide) groups is 1. The Bertz CT molecular complexity index is 458. The third-order valence-electron chi connectivity index (χ3n) is 4.08. The lowest BCUT2D eigenvalue weighted by molar-refractivity contribution is -0.119. The number of aliphatic hydroxyl groups is 1. The molecule has 0 spiro atoms. The van der Waals surface area contributed by atoms with Crippen LogP contribution in [0.4, 0.5) is 0 Å². The van der Waals surface area contributed by atoms with E-state index in [0.717, 1.165) is 36.5 Å². The van der Waals surface area contributed by atoms with E-state index >= 15 is 0 Å². The highest BCUT2D eigenvalue weighted by molar-refractivity contribution is 7.99. The maximum absolute atomic E-state index is 11.9. The zero-order valence-corrected chi connectivity index (χ0v) is 13.7. The summed E-state index contributed by atoms with van der Waals surface area (Å²) >= 11 is 7.43.